The van der Waals surface area contributed by atoms with Crippen molar-refractivity contribution in [3.8, 4) is 0 Å². The monoisotopic (exact) mass is 1380 g/mol. The number of H-pyrrole nitrogens is 2. The molecule has 0 spiro atoms. The number of nitrogens with zero attached hydrogens (tertiary/aromatic N) is 3. The fourth-order valence-corrected chi connectivity index (χ4v) is 12.5. The molecule has 3 aliphatic rings. The molecule has 3 aromatic rings. The first kappa shape index (κ1) is 75.0. The predicted octanol–water partition coefficient (Wildman–Crippen LogP) is -7.63. The van der Waals surface area contributed by atoms with Crippen molar-refractivity contribution in [1.82, 2.24) is 83.7 Å². The van der Waals surface area contributed by atoms with Crippen molar-refractivity contribution in [3.63, 3.8) is 0 Å². The van der Waals surface area contributed by atoms with Gasteiger partial charge in [0.25, 0.3) is 0 Å². The van der Waals surface area contributed by atoms with Crippen LogP contribution in [0.1, 0.15) is 77.0 Å². The standard InChI is InChI=1S/C57H80N20O17S2/c1-26-45(83)66-27(2)47(85)76-40-24-96-95-23-39(54(92)71-34(12-13-44(81)82)49(87)74-37(18-42(58)79)52(90)73-36(50(88)67-26)17-30-20-61-25-65-30)69-43(80)21-64-48(86)33(10-6-14-62-57(59)60)70-51(89)35(16-29-19-63-32-9-5-4-8-31(29)32)72-53(91)38(22-78)75-46(84)28(3)68-55(93)41-11-7-15-77(41)56(40)94/h4-5,8-9,19-20,25-28,33-41,63,78H,6-7,10-18,21-24H2,1-3H3,(H2,58,79)(H,61,65)(H,64,86)(H,66,83)(H,67,88)(H,68,93)(H,69,80)(H,70,89)(H,71,92)(H,72,91)(H,73,90)(H,74,87)(H,75,84)(H,76,85)(H,81,82)(H4,59,60,62)/t26-,27-,28-,33-,34-,35-,36-,37-,38-,39-,40-,41-/m0/s1. The minimum absolute atomic E-state index is 0.0322. The zero-order valence-electron chi connectivity index (χ0n) is 52.5. The number of rotatable bonds is 14. The summed E-state index contributed by atoms with van der Waals surface area (Å²) in [7, 11) is 1.65. The number of aliphatic hydroxyl groups excluding tert-OH is 1. The molecule has 96 heavy (non-hydrogen) atoms. The summed E-state index contributed by atoms with van der Waals surface area (Å²) in [4.78, 5) is 224. The van der Waals surface area contributed by atoms with Gasteiger partial charge in [-0.15, -0.1) is 0 Å². The molecule has 39 heteroatoms. The zero-order chi connectivity index (χ0) is 70.3. The maximum atomic E-state index is 14.8. The smallest absolute Gasteiger partial charge is 0.303 e. The normalized spacial score (nSPS) is 26.6. The van der Waals surface area contributed by atoms with E-state index in [0.29, 0.717) is 16.5 Å². The average molecular weight is 1380 g/mol. The molecule has 37 nitrogen and oxygen atoms in total. The number of carbonyl (C=O) groups excluding carboxylic acids is 14. The van der Waals surface area contributed by atoms with Crippen LogP contribution in [-0.2, 0) is 84.8 Å². The van der Waals surface area contributed by atoms with Crippen molar-refractivity contribution >= 4 is 127 Å². The Bertz CT molecular complexity index is 3400. The number of carboxylic acids is 1. The summed E-state index contributed by atoms with van der Waals surface area (Å²) < 4.78 is 0. The van der Waals surface area contributed by atoms with Gasteiger partial charge in [-0.2, -0.15) is 0 Å². The minimum atomic E-state index is -1.91. The second kappa shape index (κ2) is 36.0. The van der Waals surface area contributed by atoms with Gasteiger partial charge in [0.05, 0.1) is 25.9 Å². The molecule has 3 fully saturated rings. The molecular weight excluding hydrogens is 1300 g/mol. The number of amides is 14. The molecule has 3 saturated heterocycles. The number of fused-ring (bicyclic) bond motifs is 7. The second-order valence-corrected chi connectivity index (χ2v) is 25.3. The number of imidazole rings is 1. The molecule has 1 aromatic carbocycles. The summed E-state index contributed by atoms with van der Waals surface area (Å²) in [5.41, 5.74) is 18.0. The Morgan fingerprint density at radius 1 is 0.615 bits per heavy atom. The van der Waals surface area contributed by atoms with E-state index in [1.54, 1.807) is 30.5 Å². The largest absolute Gasteiger partial charge is 0.481 e. The predicted molar refractivity (Wildman–Crippen MR) is 343 cm³/mol. The van der Waals surface area contributed by atoms with E-state index >= 15 is 0 Å². The van der Waals surface area contributed by atoms with Crippen LogP contribution in [-0.4, -0.2) is 235 Å². The van der Waals surface area contributed by atoms with E-state index in [9.17, 15) is 82.1 Å². The molecular formula is C57H80N20O17S2. The van der Waals surface area contributed by atoms with Crippen LogP contribution in [0.4, 0.5) is 0 Å². The molecule has 12 atom stereocenters. The van der Waals surface area contributed by atoms with Crippen molar-refractivity contribution < 1.29 is 82.1 Å². The molecule has 2 aromatic heterocycles. The van der Waals surface area contributed by atoms with Crippen LogP contribution in [0.15, 0.2) is 48.0 Å². The number of carboxylic acid groups (broad SMARTS) is 1. The molecule has 22 N–H and O–H groups in total. The van der Waals surface area contributed by atoms with Crippen molar-refractivity contribution in [3.05, 3.63) is 54.2 Å². The lowest BCUT2D eigenvalue weighted by molar-refractivity contribution is -0.142. The molecule has 14 amide bonds. The molecule has 6 rings (SSSR count). The highest BCUT2D eigenvalue weighted by molar-refractivity contribution is 8.76. The number of aliphatic carboxylic acids is 1. The van der Waals surface area contributed by atoms with Crippen LogP contribution in [0.2, 0.25) is 0 Å². The molecule has 0 aliphatic carbocycles. The molecule has 2 bridgehead atoms. The van der Waals surface area contributed by atoms with Crippen molar-refractivity contribution in [2.75, 3.05) is 37.7 Å². The first-order valence-electron chi connectivity index (χ1n) is 30.5. The van der Waals surface area contributed by atoms with Crippen molar-refractivity contribution in [2.24, 2.45) is 22.2 Å². The third kappa shape index (κ3) is 22.3. The summed E-state index contributed by atoms with van der Waals surface area (Å²) in [5.74, 6) is -17.2. The van der Waals surface area contributed by atoms with Crippen LogP contribution in [0, 0.1) is 0 Å². The van der Waals surface area contributed by atoms with Gasteiger partial charge in [0.2, 0.25) is 82.7 Å². The Hall–Kier alpha value is -10.0. The van der Waals surface area contributed by atoms with E-state index in [1.165, 1.54) is 33.3 Å². The summed E-state index contributed by atoms with van der Waals surface area (Å²) >= 11 is 0. The Balaban J connectivity index is 1.41. The zero-order valence-corrected chi connectivity index (χ0v) is 54.1. The molecule has 0 radical (unpaired) electrons. The van der Waals surface area contributed by atoms with E-state index in [-0.39, 0.29) is 69.0 Å². The Labute approximate surface area is 556 Å². The van der Waals surface area contributed by atoms with Crippen LogP contribution in [0.5, 0.6) is 0 Å². The number of hydrogen-bond acceptors (Lipinski definition) is 20. The van der Waals surface area contributed by atoms with Crippen LogP contribution in [0.25, 0.3) is 10.9 Å². The number of primary amides is 1. The van der Waals surface area contributed by atoms with Gasteiger partial charge >= 0.3 is 5.97 Å². The lowest BCUT2D eigenvalue weighted by Crippen LogP contribution is -2.60. The Kier molecular flexibility index (Phi) is 28.1. The number of hydrogen-bond donors (Lipinski definition) is 19. The molecule has 5 heterocycles. The number of aliphatic imine (C=N–C) groups is 1. The fraction of sp³-hybridized carbons (Fsp3) is 0.526. The van der Waals surface area contributed by atoms with Gasteiger partial charge in [-0.3, -0.25) is 76.9 Å². The van der Waals surface area contributed by atoms with Crippen LogP contribution < -0.4 is 81.0 Å². The van der Waals surface area contributed by atoms with E-state index in [2.05, 4.69) is 83.7 Å². The number of nitrogens with one attached hydrogen (secondary N) is 14. The maximum Gasteiger partial charge on any atom is 0.303 e. The number of benzene rings is 1. The lowest BCUT2D eigenvalue weighted by atomic mass is 10.0. The number of aromatic amines is 2. The van der Waals surface area contributed by atoms with Crippen molar-refractivity contribution in [2.45, 2.75) is 151 Å². The van der Waals surface area contributed by atoms with Gasteiger partial charge in [-0.1, -0.05) is 39.8 Å². The highest BCUT2D eigenvalue weighted by Gasteiger charge is 2.41. The topological polar surface area (TPSA) is 579 Å². The van der Waals surface area contributed by atoms with E-state index in [1.807, 2.05) is 0 Å². The van der Waals surface area contributed by atoms with Gasteiger partial charge in [-0.05, 0) is 64.5 Å². The minimum Gasteiger partial charge on any atom is -0.481 e. The molecule has 522 valence electrons. The number of nitrogens with two attached hydrogens (primary N) is 3. The average Bonchev–Trinajstić information content (AvgIpc) is 1.64. The summed E-state index contributed by atoms with van der Waals surface area (Å²) in [5, 5.41) is 50.3. The molecule has 0 unspecified atom stereocenters. The van der Waals surface area contributed by atoms with E-state index in [4.69, 9.17) is 17.2 Å². The third-order valence-electron chi connectivity index (χ3n) is 15.4. The first-order chi connectivity index (χ1) is 45.6. The maximum absolute atomic E-state index is 14.8. The lowest BCUT2D eigenvalue weighted by Gasteiger charge is -2.30. The molecule has 0 saturated carbocycles. The number of aliphatic hydroxyl groups is 1. The summed E-state index contributed by atoms with van der Waals surface area (Å²) in [6.07, 6.45) is 1.25. The number of para-hydroxylation sites is 1. The number of guanidine groups is 1. The third-order valence-corrected chi connectivity index (χ3v) is 17.8. The van der Waals surface area contributed by atoms with E-state index < -0.39 is 199 Å². The van der Waals surface area contributed by atoms with Gasteiger partial charge in [0, 0.05) is 72.8 Å². The quantitative estimate of drug-likeness (QED) is 0.0308. The van der Waals surface area contributed by atoms with Gasteiger partial charge < -0.3 is 106 Å². The SMILES string of the molecule is C[C@@H]1NC(=O)[C@H](C)NC(=O)[C@H](Cc2cnc[nH]2)NC(=O)[C@H](CC(N)=O)NC(=O)[C@H](CCC(=O)O)NC(=O)[C@@H]2CSSC[C@H](NC1=O)C(=O)N1CCC[C@H]1C(=O)N[C@@H](C)C(=O)N[C@@H](CO)C(=O)N[C@@H](Cc1c[nH]c3ccccc13)C(=O)N[C@@H](CCCN=C(N)N)C(=O)NCC(=O)N2. The Morgan fingerprint density at radius 2 is 1.17 bits per heavy atom. The Morgan fingerprint density at radius 3 is 1.82 bits per heavy atom. The highest BCUT2D eigenvalue weighted by Crippen LogP contribution is 2.26. The number of aromatic nitrogens is 3. The van der Waals surface area contributed by atoms with E-state index in [0.717, 1.165) is 26.5 Å². The van der Waals surface area contributed by atoms with Crippen LogP contribution in [0.3, 0.4) is 0 Å². The molecule has 3 aliphatic heterocycles. The second-order valence-electron chi connectivity index (χ2n) is 22.8. The van der Waals surface area contributed by atoms with Gasteiger partial charge in [0.1, 0.15) is 72.5 Å². The fourth-order valence-electron chi connectivity index (χ4n) is 10.2. The van der Waals surface area contributed by atoms with Gasteiger partial charge in [-0.25, -0.2) is 4.98 Å². The first-order valence-corrected chi connectivity index (χ1v) is 33.0. The van der Waals surface area contributed by atoms with Crippen molar-refractivity contribution in [1.29, 1.82) is 0 Å². The summed E-state index contributed by atoms with van der Waals surface area (Å²) in [6, 6.07) is -12.2. The summed E-state index contributed by atoms with van der Waals surface area (Å²) in [6.45, 7) is 1.68. The van der Waals surface area contributed by atoms with Crippen LogP contribution >= 0.6 is 21.6 Å². The van der Waals surface area contributed by atoms with Gasteiger partial charge in [0.15, 0.2) is 5.96 Å². The highest BCUT2D eigenvalue weighted by atomic mass is 33.1. The number of carbonyl (C=O) groups is 15.